The number of benzene rings is 2. The maximum atomic E-state index is 9.84. The molecule has 2 heterocycles. The minimum atomic E-state index is -0.644. The van der Waals surface area contributed by atoms with Gasteiger partial charge in [0.05, 0.1) is 41.4 Å². The SMILES string of the molecule is COc1ccc(OC)c(-c2[nH]nc3c2C(c2cccc(Cl)c2Cl)C(C#N)=C(N)O3)c1. The summed E-state index contributed by atoms with van der Waals surface area (Å²) in [5.41, 5.74) is 8.70. The van der Waals surface area contributed by atoms with Crippen LogP contribution in [0.4, 0.5) is 0 Å². The molecule has 1 aliphatic heterocycles. The van der Waals surface area contributed by atoms with Gasteiger partial charge in [0.25, 0.3) is 0 Å². The molecule has 2 aromatic carbocycles. The van der Waals surface area contributed by atoms with Crippen LogP contribution in [0.3, 0.4) is 0 Å². The van der Waals surface area contributed by atoms with Crippen molar-refractivity contribution in [2.24, 2.45) is 5.73 Å². The second-order valence-corrected chi connectivity index (χ2v) is 7.24. The summed E-state index contributed by atoms with van der Waals surface area (Å²) in [7, 11) is 3.14. The number of nitrogens with zero attached hydrogens (tertiary/aromatic N) is 2. The molecule has 3 N–H and O–H groups in total. The molecule has 3 aromatic rings. The largest absolute Gasteiger partial charge is 0.497 e. The van der Waals surface area contributed by atoms with E-state index in [9.17, 15) is 5.26 Å². The molecule has 0 aliphatic carbocycles. The van der Waals surface area contributed by atoms with Crippen molar-refractivity contribution < 1.29 is 14.2 Å². The average molecular weight is 443 g/mol. The first kappa shape index (κ1) is 20.0. The summed E-state index contributed by atoms with van der Waals surface area (Å²) >= 11 is 12.8. The Balaban J connectivity index is 2.02. The van der Waals surface area contributed by atoms with Crippen LogP contribution >= 0.6 is 23.2 Å². The Labute approximate surface area is 182 Å². The number of nitrogens with two attached hydrogens (primary N) is 1. The molecule has 1 atom stereocenters. The molecule has 7 nitrogen and oxygen atoms in total. The molecule has 9 heteroatoms. The van der Waals surface area contributed by atoms with Crippen molar-refractivity contribution in [3.05, 3.63) is 69.0 Å². The summed E-state index contributed by atoms with van der Waals surface area (Å²) in [6.45, 7) is 0. The number of hydrogen-bond donors (Lipinski definition) is 2. The molecule has 0 amide bonds. The number of nitriles is 1. The highest BCUT2D eigenvalue weighted by Gasteiger charge is 2.37. The normalized spacial score (nSPS) is 15.2. The van der Waals surface area contributed by atoms with Gasteiger partial charge in [0.2, 0.25) is 11.8 Å². The predicted molar refractivity (Wildman–Crippen MR) is 113 cm³/mol. The Bertz CT molecular complexity index is 1210. The van der Waals surface area contributed by atoms with E-state index >= 15 is 0 Å². The van der Waals surface area contributed by atoms with E-state index in [4.69, 9.17) is 43.1 Å². The van der Waals surface area contributed by atoms with Gasteiger partial charge in [0.1, 0.15) is 23.1 Å². The van der Waals surface area contributed by atoms with E-state index in [1.54, 1.807) is 50.6 Å². The summed E-state index contributed by atoms with van der Waals surface area (Å²) in [6.07, 6.45) is 0. The molecule has 152 valence electrons. The lowest BCUT2D eigenvalue weighted by atomic mass is 9.83. The van der Waals surface area contributed by atoms with Crippen molar-refractivity contribution in [2.45, 2.75) is 5.92 Å². The Kier molecular flexibility index (Phi) is 5.20. The van der Waals surface area contributed by atoms with Crippen LogP contribution in [0.5, 0.6) is 17.4 Å². The number of ether oxygens (including phenoxy) is 3. The van der Waals surface area contributed by atoms with Gasteiger partial charge in [-0.2, -0.15) is 5.26 Å². The van der Waals surface area contributed by atoms with Gasteiger partial charge in [0, 0.05) is 5.56 Å². The highest BCUT2D eigenvalue weighted by Crippen LogP contribution is 2.49. The fourth-order valence-corrected chi connectivity index (χ4v) is 3.93. The Morgan fingerprint density at radius 2 is 2.00 bits per heavy atom. The lowest BCUT2D eigenvalue weighted by Gasteiger charge is -2.25. The van der Waals surface area contributed by atoms with E-state index in [2.05, 4.69) is 16.3 Å². The van der Waals surface area contributed by atoms with Crippen LogP contribution in [-0.2, 0) is 0 Å². The molecular weight excluding hydrogens is 427 g/mol. The van der Waals surface area contributed by atoms with Crippen LogP contribution in [0.2, 0.25) is 10.0 Å². The molecule has 0 spiro atoms. The second-order valence-electron chi connectivity index (χ2n) is 6.45. The Morgan fingerprint density at radius 1 is 1.20 bits per heavy atom. The summed E-state index contributed by atoms with van der Waals surface area (Å²) in [4.78, 5) is 0. The summed E-state index contributed by atoms with van der Waals surface area (Å²) < 4.78 is 16.5. The molecule has 0 fully saturated rings. The van der Waals surface area contributed by atoms with E-state index in [1.165, 1.54) is 0 Å². The Morgan fingerprint density at radius 3 is 2.70 bits per heavy atom. The third-order valence-corrected chi connectivity index (χ3v) is 5.74. The fourth-order valence-electron chi connectivity index (χ4n) is 3.51. The quantitative estimate of drug-likeness (QED) is 0.610. The van der Waals surface area contributed by atoms with E-state index in [0.717, 1.165) is 0 Å². The third-order valence-electron chi connectivity index (χ3n) is 4.91. The summed E-state index contributed by atoms with van der Waals surface area (Å²) in [5, 5.41) is 17.8. The Hall–Kier alpha value is -3.34. The van der Waals surface area contributed by atoms with E-state index in [0.29, 0.717) is 43.9 Å². The topological polar surface area (TPSA) is 106 Å². The van der Waals surface area contributed by atoms with Crippen molar-refractivity contribution in [1.29, 1.82) is 5.26 Å². The van der Waals surface area contributed by atoms with E-state index < -0.39 is 5.92 Å². The van der Waals surface area contributed by atoms with Crippen LogP contribution in [0.25, 0.3) is 11.3 Å². The van der Waals surface area contributed by atoms with Crippen molar-refractivity contribution >= 4 is 23.2 Å². The van der Waals surface area contributed by atoms with E-state index in [-0.39, 0.29) is 17.3 Å². The van der Waals surface area contributed by atoms with Gasteiger partial charge in [0.15, 0.2) is 0 Å². The maximum absolute atomic E-state index is 9.84. The van der Waals surface area contributed by atoms with Crippen molar-refractivity contribution in [1.82, 2.24) is 10.2 Å². The highest BCUT2D eigenvalue weighted by atomic mass is 35.5. The average Bonchev–Trinajstić information content (AvgIpc) is 3.17. The first-order valence-corrected chi connectivity index (χ1v) is 9.57. The van der Waals surface area contributed by atoms with Crippen molar-refractivity contribution in [3.8, 4) is 34.7 Å². The molecule has 0 radical (unpaired) electrons. The fraction of sp³-hybridized carbons (Fsp3) is 0.143. The first-order valence-electron chi connectivity index (χ1n) is 8.82. The highest BCUT2D eigenvalue weighted by molar-refractivity contribution is 6.42. The van der Waals surface area contributed by atoms with Gasteiger partial charge in [-0.25, -0.2) is 0 Å². The number of methoxy groups -OCH3 is 2. The number of fused-ring (bicyclic) bond motifs is 1. The van der Waals surface area contributed by atoms with Gasteiger partial charge in [-0.15, -0.1) is 5.10 Å². The molecule has 30 heavy (non-hydrogen) atoms. The van der Waals surface area contributed by atoms with Crippen LogP contribution in [0, 0.1) is 11.3 Å². The molecule has 0 bridgehead atoms. The number of aromatic amines is 1. The van der Waals surface area contributed by atoms with Gasteiger partial charge in [-0.05, 0) is 29.8 Å². The van der Waals surface area contributed by atoms with Gasteiger partial charge in [-0.3, -0.25) is 5.10 Å². The number of rotatable bonds is 4. The number of hydrogen-bond acceptors (Lipinski definition) is 6. The predicted octanol–water partition coefficient (Wildman–Crippen LogP) is 4.62. The van der Waals surface area contributed by atoms with Gasteiger partial charge in [-0.1, -0.05) is 35.3 Å². The monoisotopic (exact) mass is 442 g/mol. The smallest absolute Gasteiger partial charge is 0.244 e. The van der Waals surface area contributed by atoms with Gasteiger partial charge < -0.3 is 19.9 Å². The summed E-state index contributed by atoms with van der Waals surface area (Å²) in [6, 6.07) is 12.7. The zero-order valence-electron chi connectivity index (χ0n) is 16.0. The number of H-pyrrole nitrogens is 1. The molecule has 0 saturated carbocycles. The molecule has 1 aliphatic rings. The van der Waals surface area contributed by atoms with E-state index in [1.807, 2.05) is 0 Å². The molecule has 0 saturated heterocycles. The zero-order chi connectivity index (χ0) is 21.4. The van der Waals surface area contributed by atoms with Crippen LogP contribution in [0.1, 0.15) is 17.0 Å². The number of allylic oxidation sites excluding steroid dienone is 1. The minimum Gasteiger partial charge on any atom is -0.497 e. The number of nitrogens with one attached hydrogen (secondary N) is 1. The minimum absolute atomic E-state index is 0.0401. The molecule has 4 rings (SSSR count). The molecular formula is C21H16Cl2N4O3. The standard InChI is InChI=1S/C21H16Cl2N4O3/c1-28-10-6-7-15(29-2)12(8-10)19-17-16(11-4-3-5-14(22)18(11)23)13(9-24)20(25)30-21(17)27-26-19/h3-8,16H,25H2,1-2H3,(H,26,27). The second kappa shape index (κ2) is 7.82. The molecule has 1 aromatic heterocycles. The zero-order valence-corrected chi connectivity index (χ0v) is 17.5. The lowest BCUT2D eigenvalue weighted by molar-refractivity contribution is 0.379. The number of aromatic nitrogens is 2. The van der Waals surface area contributed by atoms with Crippen LogP contribution in [-0.4, -0.2) is 24.4 Å². The van der Waals surface area contributed by atoms with Crippen molar-refractivity contribution in [3.63, 3.8) is 0 Å². The van der Waals surface area contributed by atoms with Crippen molar-refractivity contribution in [2.75, 3.05) is 14.2 Å². The molecule has 1 unspecified atom stereocenters. The lowest BCUT2D eigenvalue weighted by Crippen LogP contribution is -2.21. The maximum Gasteiger partial charge on any atom is 0.244 e. The third kappa shape index (κ3) is 3.11. The van der Waals surface area contributed by atoms with Gasteiger partial charge >= 0.3 is 0 Å². The van der Waals surface area contributed by atoms with Crippen LogP contribution < -0.4 is 19.9 Å². The van der Waals surface area contributed by atoms with Crippen LogP contribution in [0.15, 0.2) is 47.9 Å². The first-order chi connectivity index (χ1) is 14.5. The summed E-state index contributed by atoms with van der Waals surface area (Å²) in [5.74, 6) is 0.765. The number of halogens is 2.